The Balaban J connectivity index is 1.65. The molecule has 3 aromatic rings. The molecule has 3 heterocycles. The molecule has 2 atom stereocenters. The number of aliphatic hydroxyl groups excluding tert-OH is 1. The molecule has 6 heteroatoms. The van der Waals surface area contributed by atoms with E-state index in [2.05, 4.69) is 9.88 Å². The van der Waals surface area contributed by atoms with Crippen LogP contribution < -0.4 is 0 Å². The predicted molar refractivity (Wildman–Crippen MR) is 85.3 cm³/mol. The number of pyridine rings is 1. The molecule has 4 nitrogen and oxygen atoms in total. The number of benzene rings is 1. The first-order chi connectivity index (χ1) is 11.6. The summed E-state index contributed by atoms with van der Waals surface area (Å²) >= 11 is 0. The van der Waals surface area contributed by atoms with E-state index < -0.39 is 17.7 Å². The number of likely N-dealkylation sites (tertiary alicyclic amines) is 1. The number of β-amino-alcohol motifs (C(OH)–C–C–N with tert-alkyl or cyclic N) is 1. The molecule has 0 saturated carbocycles. The monoisotopic (exact) mass is 329 g/mol. The maximum Gasteiger partial charge on any atom is 0.159 e. The van der Waals surface area contributed by atoms with Crippen LogP contribution in [0.4, 0.5) is 8.78 Å². The molecule has 1 aliphatic rings. The van der Waals surface area contributed by atoms with Crippen molar-refractivity contribution < 1.29 is 13.9 Å². The van der Waals surface area contributed by atoms with Crippen molar-refractivity contribution in [2.75, 3.05) is 6.54 Å². The summed E-state index contributed by atoms with van der Waals surface area (Å²) in [5.41, 5.74) is 2.58. The molecule has 0 bridgehead atoms. The van der Waals surface area contributed by atoms with E-state index in [1.165, 1.54) is 6.07 Å². The maximum absolute atomic E-state index is 13.6. The van der Waals surface area contributed by atoms with Gasteiger partial charge in [-0.25, -0.2) is 13.8 Å². The van der Waals surface area contributed by atoms with Crippen molar-refractivity contribution in [1.82, 2.24) is 14.3 Å². The van der Waals surface area contributed by atoms with Gasteiger partial charge in [0, 0.05) is 37.2 Å². The van der Waals surface area contributed by atoms with Gasteiger partial charge in [0.25, 0.3) is 0 Å². The van der Waals surface area contributed by atoms with E-state index in [4.69, 9.17) is 0 Å². The first-order valence-corrected chi connectivity index (χ1v) is 7.90. The summed E-state index contributed by atoms with van der Waals surface area (Å²) < 4.78 is 28.8. The summed E-state index contributed by atoms with van der Waals surface area (Å²) in [5, 5.41) is 10.1. The fraction of sp³-hybridized carbons (Fsp3) is 0.278. The summed E-state index contributed by atoms with van der Waals surface area (Å²) in [6.45, 7) is 1.09. The van der Waals surface area contributed by atoms with Crippen LogP contribution >= 0.6 is 0 Å². The highest BCUT2D eigenvalue weighted by Crippen LogP contribution is 2.34. The molecule has 0 amide bonds. The Morgan fingerprint density at radius 3 is 2.88 bits per heavy atom. The third-order valence-electron chi connectivity index (χ3n) is 4.59. The van der Waals surface area contributed by atoms with Gasteiger partial charge in [-0.3, -0.25) is 4.90 Å². The molecule has 0 radical (unpaired) electrons. The molecule has 1 N–H and O–H groups in total. The summed E-state index contributed by atoms with van der Waals surface area (Å²) in [6.07, 6.45) is 3.66. The van der Waals surface area contributed by atoms with Crippen molar-refractivity contribution in [3.05, 3.63) is 71.7 Å². The molecular weight excluding hydrogens is 312 g/mol. The minimum atomic E-state index is -0.856. The molecule has 1 fully saturated rings. The van der Waals surface area contributed by atoms with Crippen molar-refractivity contribution in [2.45, 2.75) is 25.1 Å². The van der Waals surface area contributed by atoms with Crippen LogP contribution in [0.2, 0.25) is 0 Å². The quantitative estimate of drug-likeness (QED) is 0.803. The molecule has 2 aromatic heterocycles. The van der Waals surface area contributed by atoms with Gasteiger partial charge in [0.15, 0.2) is 11.6 Å². The van der Waals surface area contributed by atoms with Gasteiger partial charge in [-0.15, -0.1) is 0 Å². The second-order valence-corrected chi connectivity index (χ2v) is 6.18. The third kappa shape index (κ3) is 2.68. The molecule has 0 spiro atoms. The molecule has 24 heavy (non-hydrogen) atoms. The van der Waals surface area contributed by atoms with Crippen molar-refractivity contribution in [1.29, 1.82) is 0 Å². The Labute approximate surface area is 138 Å². The topological polar surface area (TPSA) is 40.8 Å². The Kier molecular flexibility index (Phi) is 3.78. The minimum Gasteiger partial charge on any atom is -0.392 e. The fourth-order valence-electron chi connectivity index (χ4n) is 3.46. The lowest BCUT2D eigenvalue weighted by atomic mass is 10.0. The van der Waals surface area contributed by atoms with Crippen molar-refractivity contribution >= 4 is 5.65 Å². The SMILES string of the molecule is O[C@@H]1C[C@H](c2ccc(F)c(F)c2)N(Cc2cccc3nccn23)C1. The summed E-state index contributed by atoms with van der Waals surface area (Å²) in [7, 11) is 0. The summed E-state index contributed by atoms with van der Waals surface area (Å²) in [6, 6.07) is 9.68. The number of rotatable bonds is 3. The van der Waals surface area contributed by atoms with Crippen LogP contribution in [-0.4, -0.2) is 32.0 Å². The van der Waals surface area contributed by atoms with Crippen molar-refractivity contribution in [3.63, 3.8) is 0 Å². The van der Waals surface area contributed by atoms with Gasteiger partial charge in [-0.2, -0.15) is 0 Å². The molecule has 0 unspecified atom stereocenters. The van der Waals surface area contributed by atoms with Crippen molar-refractivity contribution in [2.24, 2.45) is 0 Å². The van der Waals surface area contributed by atoms with E-state index in [1.807, 2.05) is 28.8 Å². The standard InChI is InChI=1S/C18H17F2N3O/c19-15-5-4-12(8-16(15)20)17-9-14(24)11-22(17)10-13-2-1-3-18-21-6-7-23(13)18/h1-8,14,17,24H,9-11H2/t14-,17-/m1/s1. The third-order valence-corrected chi connectivity index (χ3v) is 4.59. The molecular formula is C18H17F2N3O. The molecule has 124 valence electrons. The van der Waals surface area contributed by atoms with Crippen LogP contribution in [0.5, 0.6) is 0 Å². The highest BCUT2D eigenvalue weighted by Gasteiger charge is 2.32. The summed E-state index contributed by atoms with van der Waals surface area (Å²) in [4.78, 5) is 6.36. The zero-order valence-electron chi connectivity index (χ0n) is 12.9. The Morgan fingerprint density at radius 1 is 1.17 bits per heavy atom. The largest absolute Gasteiger partial charge is 0.392 e. The van der Waals surface area contributed by atoms with Crippen LogP contribution in [0.3, 0.4) is 0 Å². The van der Waals surface area contributed by atoms with Crippen LogP contribution in [-0.2, 0) is 6.54 Å². The van der Waals surface area contributed by atoms with Crippen LogP contribution in [0.1, 0.15) is 23.7 Å². The van der Waals surface area contributed by atoms with E-state index in [1.54, 1.807) is 12.3 Å². The average molecular weight is 329 g/mol. The lowest BCUT2D eigenvalue weighted by Crippen LogP contribution is -2.25. The van der Waals surface area contributed by atoms with Gasteiger partial charge in [0.1, 0.15) is 5.65 Å². The Bertz CT molecular complexity index is 880. The van der Waals surface area contributed by atoms with Gasteiger partial charge in [-0.05, 0) is 36.2 Å². The number of imidazole rings is 1. The van der Waals surface area contributed by atoms with E-state index in [0.717, 1.165) is 17.4 Å². The molecule has 1 saturated heterocycles. The summed E-state index contributed by atoms with van der Waals surface area (Å²) in [5.74, 6) is -1.71. The number of nitrogens with zero attached hydrogens (tertiary/aromatic N) is 3. The van der Waals surface area contributed by atoms with Crippen molar-refractivity contribution in [3.8, 4) is 0 Å². The second-order valence-electron chi connectivity index (χ2n) is 6.18. The molecule has 4 rings (SSSR count). The average Bonchev–Trinajstić information content (AvgIpc) is 3.17. The van der Waals surface area contributed by atoms with Crippen LogP contribution in [0.15, 0.2) is 48.8 Å². The van der Waals surface area contributed by atoms with Gasteiger partial charge in [0.2, 0.25) is 0 Å². The molecule has 0 aliphatic carbocycles. The van der Waals surface area contributed by atoms with Gasteiger partial charge in [-0.1, -0.05) is 12.1 Å². The number of aromatic nitrogens is 2. The Morgan fingerprint density at radius 2 is 2.04 bits per heavy atom. The smallest absolute Gasteiger partial charge is 0.159 e. The van der Waals surface area contributed by atoms with Gasteiger partial charge >= 0.3 is 0 Å². The highest BCUT2D eigenvalue weighted by molar-refractivity contribution is 5.39. The van der Waals surface area contributed by atoms with Gasteiger partial charge in [0.05, 0.1) is 6.10 Å². The van der Waals surface area contributed by atoms with Crippen LogP contribution in [0, 0.1) is 11.6 Å². The Hall–Kier alpha value is -2.31. The van der Waals surface area contributed by atoms with E-state index in [9.17, 15) is 13.9 Å². The zero-order chi connectivity index (χ0) is 16.7. The number of hydrogen-bond acceptors (Lipinski definition) is 3. The van der Waals surface area contributed by atoms with Gasteiger partial charge < -0.3 is 9.51 Å². The first kappa shape index (κ1) is 15.2. The highest BCUT2D eigenvalue weighted by atomic mass is 19.2. The van der Waals surface area contributed by atoms with E-state index >= 15 is 0 Å². The van der Waals surface area contributed by atoms with Crippen LogP contribution in [0.25, 0.3) is 5.65 Å². The molecule has 1 aromatic carbocycles. The van der Waals surface area contributed by atoms with E-state index in [-0.39, 0.29) is 6.04 Å². The zero-order valence-corrected chi connectivity index (χ0v) is 12.9. The minimum absolute atomic E-state index is 0.145. The molecule has 1 aliphatic heterocycles. The number of halogens is 2. The van der Waals surface area contributed by atoms with E-state index in [0.29, 0.717) is 25.1 Å². The second kappa shape index (κ2) is 5.96. The first-order valence-electron chi connectivity index (χ1n) is 7.90. The number of aliphatic hydroxyl groups is 1. The normalized spacial score (nSPS) is 21.6. The number of fused-ring (bicyclic) bond motifs is 1. The fourth-order valence-corrected chi connectivity index (χ4v) is 3.46. The lowest BCUT2D eigenvalue weighted by Gasteiger charge is -2.25. The predicted octanol–water partition coefficient (Wildman–Crippen LogP) is 2.92. The maximum atomic E-state index is 13.6. The lowest BCUT2D eigenvalue weighted by molar-refractivity contribution is 0.172. The number of hydrogen-bond donors (Lipinski definition) is 1.